The molecule has 6 heteroatoms. The van der Waals surface area contributed by atoms with Gasteiger partial charge in [-0.25, -0.2) is 4.84 Å². The number of hydrogen-bond donors (Lipinski definition) is 1. The highest BCUT2D eigenvalue weighted by Gasteiger charge is 2.47. The first kappa shape index (κ1) is 16.7. The number of halogens is 2. The Morgan fingerprint density at radius 3 is 2.81 bits per heavy atom. The molecule has 1 amide bonds. The van der Waals surface area contributed by atoms with Gasteiger partial charge in [0.1, 0.15) is 12.6 Å². The van der Waals surface area contributed by atoms with Crippen molar-refractivity contribution in [1.29, 1.82) is 0 Å². The smallest absolute Gasteiger partial charge is 0.219 e. The van der Waals surface area contributed by atoms with Gasteiger partial charge in [-0.3, -0.25) is 4.79 Å². The van der Waals surface area contributed by atoms with E-state index in [-0.39, 0.29) is 24.4 Å². The van der Waals surface area contributed by atoms with E-state index >= 15 is 0 Å². The van der Waals surface area contributed by atoms with Crippen LogP contribution in [-0.2, 0) is 9.63 Å². The molecule has 21 heavy (non-hydrogen) atoms. The normalized spacial score (nSPS) is 31.5. The largest absolute Gasteiger partial charge is 1.00 e. The second-order valence-corrected chi connectivity index (χ2v) is 6.59. The third-order valence-corrected chi connectivity index (χ3v) is 5.29. The topological polar surface area (TPSA) is 34.0 Å². The first-order valence-electron chi connectivity index (χ1n) is 7.05. The van der Waals surface area contributed by atoms with Crippen molar-refractivity contribution in [3.63, 3.8) is 0 Å². The lowest BCUT2D eigenvalue weighted by molar-refractivity contribution is -1.08. The standard InChI is InChI=1S/C15H19BrN2O2.ClH/c1-10(19)18-8-11-9-20-17(2)14(11)7-15(18)12-5-3-4-6-13(12)16;/h3-6,11,14-15H,7-9H2,1-2H3;1H/t11-,14-,15-;/m0./s1. The molecule has 4 nitrogen and oxygen atoms in total. The fraction of sp³-hybridized carbons (Fsp3) is 0.533. The van der Waals surface area contributed by atoms with Gasteiger partial charge in [-0.1, -0.05) is 34.1 Å². The van der Waals surface area contributed by atoms with Crippen LogP contribution in [0.15, 0.2) is 28.7 Å². The molecule has 3 rings (SSSR count). The first-order chi connectivity index (χ1) is 9.58. The van der Waals surface area contributed by atoms with E-state index in [1.54, 1.807) is 6.92 Å². The second kappa shape index (κ2) is 6.65. The molecule has 1 aromatic carbocycles. The number of likely N-dealkylation sites (tertiary alicyclic amines) is 1. The quantitative estimate of drug-likeness (QED) is 0.628. The number of piperidine rings is 1. The summed E-state index contributed by atoms with van der Waals surface area (Å²) in [5.41, 5.74) is 1.20. The van der Waals surface area contributed by atoms with Crippen molar-refractivity contribution in [2.24, 2.45) is 5.92 Å². The summed E-state index contributed by atoms with van der Waals surface area (Å²) in [6.45, 7) is 3.21. The Balaban J connectivity index is 0.00000161. The number of hydrogen-bond acceptors (Lipinski definition) is 2. The van der Waals surface area contributed by atoms with Gasteiger partial charge in [0.2, 0.25) is 5.91 Å². The number of fused-ring (bicyclic) bond motifs is 1. The van der Waals surface area contributed by atoms with Crippen molar-refractivity contribution in [2.75, 3.05) is 20.2 Å². The minimum Gasteiger partial charge on any atom is -1.00 e. The van der Waals surface area contributed by atoms with Gasteiger partial charge in [0, 0.05) is 24.4 Å². The van der Waals surface area contributed by atoms with Crippen LogP contribution in [0.4, 0.5) is 0 Å². The Morgan fingerprint density at radius 1 is 1.43 bits per heavy atom. The fourth-order valence-electron chi connectivity index (χ4n) is 3.47. The molecule has 1 unspecified atom stereocenters. The van der Waals surface area contributed by atoms with Gasteiger partial charge < -0.3 is 17.3 Å². The second-order valence-electron chi connectivity index (χ2n) is 5.73. The Bertz CT molecular complexity index is 528. The third kappa shape index (κ3) is 3.11. The summed E-state index contributed by atoms with van der Waals surface area (Å²) in [4.78, 5) is 19.7. The molecule has 0 spiro atoms. The molecule has 0 saturated carbocycles. The Labute approximate surface area is 139 Å². The van der Waals surface area contributed by atoms with E-state index in [4.69, 9.17) is 4.84 Å². The van der Waals surface area contributed by atoms with E-state index in [9.17, 15) is 4.79 Å². The Kier molecular flexibility index (Phi) is 5.30. The Hall–Kier alpha value is -0.620. The van der Waals surface area contributed by atoms with Crippen LogP contribution in [0.3, 0.4) is 0 Å². The lowest BCUT2D eigenvalue weighted by Gasteiger charge is -2.40. The molecule has 0 aromatic heterocycles. The monoisotopic (exact) mass is 374 g/mol. The summed E-state index contributed by atoms with van der Waals surface area (Å²) in [6, 6.07) is 8.81. The van der Waals surface area contributed by atoms with Gasteiger partial charge in [0.25, 0.3) is 0 Å². The summed E-state index contributed by atoms with van der Waals surface area (Å²) in [5.74, 6) is 0.603. The number of quaternary nitrogens is 1. The van der Waals surface area contributed by atoms with Crippen molar-refractivity contribution < 1.29 is 27.1 Å². The zero-order valence-corrected chi connectivity index (χ0v) is 14.5. The number of nitrogens with zero attached hydrogens (tertiary/aromatic N) is 1. The fourth-order valence-corrected chi connectivity index (χ4v) is 4.02. The molecule has 0 aliphatic carbocycles. The molecule has 4 atom stereocenters. The van der Waals surface area contributed by atoms with Crippen LogP contribution in [0.1, 0.15) is 24.9 Å². The minimum atomic E-state index is 0. The zero-order chi connectivity index (χ0) is 14.3. The lowest BCUT2D eigenvalue weighted by Crippen LogP contribution is -3.10. The Morgan fingerprint density at radius 2 is 2.14 bits per heavy atom. The molecule has 2 saturated heterocycles. The summed E-state index contributed by atoms with van der Waals surface area (Å²) in [5, 5.41) is 1.13. The first-order valence-corrected chi connectivity index (χ1v) is 7.85. The number of carbonyl (C=O) groups excluding carboxylic acids is 1. The van der Waals surface area contributed by atoms with Crippen molar-refractivity contribution in [3.05, 3.63) is 34.3 Å². The molecular weight excluding hydrogens is 356 g/mol. The molecule has 2 heterocycles. The molecular formula is C15H20BrClN2O2. The predicted octanol–water partition coefficient (Wildman–Crippen LogP) is -1.81. The molecule has 0 bridgehead atoms. The number of rotatable bonds is 1. The van der Waals surface area contributed by atoms with Gasteiger partial charge in [0.15, 0.2) is 0 Å². The van der Waals surface area contributed by atoms with Crippen LogP contribution in [-0.4, -0.2) is 37.0 Å². The van der Waals surface area contributed by atoms with Gasteiger partial charge in [-0.15, -0.1) is 0 Å². The highest BCUT2D eigenvalue weighted by atomic mass is 79.9. The third-order valence-electron chi connectivity index (χ3n) is 4.57. The van der Waals surface area contributed by atoms with Gasteiger partial charge in [-0.2, -0.15) is 5.06 Å². The summed E-state index contributed by atoms with van der Waals surface area (Å²) >= 11 is 3.62. The van der Waals surface area contributed by atoms with Gasteiger partial charge in [-0.05, 0) is 11.6 Å². The van der Waals surface area contributed by atoms with Crippen molar-refractivity contribution >= 4 is 21.8 Å². The molecule has 0 radical (unpaired) electrons. The zero-order valence-electron chi connectivity index (χ0n) is 12.2. The summed E-state index contributed by atoms with van der Waals surface area (Å²) in [7, 11) is 2.07. The highest BCUT2D eigenvalue weighted by Crippen LogP contribution is 2.37. The van der Waals surface area contributed by atoms with Crippen LogP contribution in [0.2, 0.25) is 0 Å². The maximum absolute atomic E-state index is 12.0. The number of benzene rings is 1. The van der Waals surface area contributed by atoms with Gasteiger partial charge >= 0.3 is 0 Å². The highest BCUT2D eigenvalue weighted by molar-refractivity contribution is 9.10. The van der Waals surface area contributed by atoms with Crippen molar-refractivity contribution in [1.82, 2.24) is 4.90 Å². The molecule has 1 N–H and O–H groups in total. The van der Waals surface area contributed by atoms with E-state index < -0.39 is 0 Å². The number of amides is 1. The number of carbonyl (C=O) groups is 1. The van der Waals surface area contributed by atoms with Crippen LogP contribution >= 0.6 is 15.9 Å². The SMILES string of the molecule is CC(=O)N1C[C@H]2CO[NH+](C)[C@H]2C[C@H]1c1ccccc1Br.[Cl-]. The van der Waals surface area contributed by atoms with Crippen molar-refractivity contribution in [2.45, 2.75) is 25.4 Å². The predicted molar refractivity (Wildman–Crippen MR) is 79.0 cm³/mol. The van der Waals surface area contributed by atoms with Crippen LogP contribution in [0.5, 0.6) is 0 Å². The van der Waals surface area contributed by atoms with E-state index in [0.29, 0.717) is 12.0 Å². The minimum absolute atomic E-state index is 0. The lowest BCUT2D eigenvalue weighted by atomic mass is 9.85. The van der Waals surface area contributed by atoms with Crippen molar-refractivity contribution in [3.8, 4) is 0 Å². The average Bonchev–Trinajstić information content (AvgIpc) is 2.79. The van der Waals surface area contributed by atoms with Gasteiger partial charge in [0.05, 0.1) is 19.0 Å². The maximum atomic E-state index is 12.0. The molecule has 1 aromatic rings. The number of nitrogens with one attached hydrogen (secondary N) is 1. The van der Waals surface area contributed by atoms with Crippen LogP contribution in [0.25, 0.3) is 0 Å². The van der Waals surface area contributed by atoms with E-state index in [2.05, 4.69) is 29.0 Å². The molecule has 2 aliphatic rings. The molecule has 2 aliphatic heterocycles. The van der Waals surface area contributed by atoms with Crippen LogP contribution in [0, 0.1) is 5.92 Å². The van der Waals surface area contributed by atoms with Crippen LogP contribution < -0.4 is 17.5 Å². The average molecular weight is 376 g/mol. The summed E-state index contributed by atoms with van der Waals surface area (Å²) < 4.78 is 1.08. The maximum Gasteiger partial charge on any atom is 0.219 e. The van der Waals surface area contributed by atoms with E-state index in [1.807, 2.05) is 23.1 Å². The number of hydroxylamine groups is 2. The molecule has 116 valence electrons. The summed E-state index contributed by atoms with van der Waals surface area (Å²) in [6.07, 6.45) is 0.957. The molecule has 2 fully saturated rings. The van der Waals surface area contributed by atoms with E-state index in [1.165, 1.54) is 5.56 Å². The van der Waals surface area contributed by atoms with E-state index in [0.717, 1.165) is 29.1 Å².